The van der Waals surface area contributed by atoms with Crippen molar-refractivity contribution in [2.24, 2.45) is 18.9 Å². The van der Waals surface area contributed by atoms with Gasteiger partial charge in [-0.15, -0.1) is 0 Å². The highest BCUT2D eigenvalue weighted by molar-refractivity contribution is 5.70. The number of methoxy groups -OCH3 is 1. The van der Waals surface area contributed by atoms with Crippen LogP contribution in [0.4, 0.5) is 13.2 Å². The lowest BCUT2D eigenvalue weighted by molar-refractivity contribution is -0.126. The molecule has 1 unspecified atom stereocenters. The maximum atomic E-state index is 15.2. The molecule has 0 N–H and O–H groups in total. The molecule has 3 rings (SSSR count). The number of aryl methyl sites for hydroxylation is 1. The first-order valence-electron chi connectivity index (χ1n) is 10.6. The van der Waals surface area contributed by atoms with E-state index in [1.807, 2.05) is 20.8 Å². The van der Waals surface area contributed by atoms with Crippen LogP contribution in [0.1, 0.15) is 37.0 Å². The fraction of sp³-hybridized carbons (Fsp3) is 0.542. The molecule has 1 aliphatic rings. The number of benzene rings is 1. The first-order chi connectivity index (χ1) is 14.5. The van der Waals surface area contributed by atoms with Gasteiger partial charge in [0.25, 0.3) is 11.5 Å². The highest BCUT2D eigenvalue weighted by Crippen LogP contribution is 2.39. The van der Waals surface area contributed by atoms with E-state index in [4.69, 9.17) is 4.74 Å². The van der Waals surface area contributed by atoms with E-state index < -0.39 is 17.7 Å². The molecular formula is C24H31F3N2O2. The Kier molecular flexibility index (Phi) is 6.56. The quantitative estimate of drug-likeness (QED) is 0.667. The standard InChI is InChI=1S/C24H31F3N2O2/c1-14(2)20-7-8-29(13-24(20,26)27)12-19-21(25)9-17(10-22(19)31-6)18-11-28(5)23(30)16(4)15(18)3/h9-11,14,20H,7-8,12-13H2,1-6H3. The molecule has 170 valence electrons. The number of aromatic nitrogens is 1. The molecular weight excluding hydrogens is 405 g/mol. The highest BCUT2D eigenvalue weighted by Gasteiger charge is 2.45. The van der Waals surface area contributed by atoms with Gasteiger partial charge in [-0.3, -0.25) is 9.69 Å². The van der Waals surface area contributed by atoms with E-state index in [0.717, 1.165) is 11.1 Å². The molecule has 4 nitrogen and oxygen atoms in total. The van der Waals surface area contributed by atoms with Crippen LogP contribution < -0.4 is 10.3 Å². The predicted molar refractivity (Wildman–Crippen MR) is 116 cm³/mol. The van der Waals surface area contributed by atoms with E-state index >= 15 is 4.39 Å². The predicted octanol–water partition coefficient (Wildman–Crippen LogP) is 4.93. The minimum absolute atomic E-state index is 0.0565. The van der Waals surface area contributed by atoms with Gasteiger partial charge in [0.1, 0.15) is 11.6 Å². The van der Waals surface area contributed by atoms with Crippen molar-refractivity contribution in [1.82, 2.24) is 9.47 Å². The summed E-state index contributed by atoms with van der Waals surface area (Å²) in [6.45, 7) is 7.36. The van der Waals surface area contributed by atoms with Crippen LogP contribution in [-0.2, 0) is 13.6 Å². The summed E-state index contributed by atoms with van der Waals surface area (Å²) in [6.07, 6.45) is 2.05. The smallest absolute Gasteiger partial charge is 0.263 e. The lowest BCUT2D eigenvalue weighted by atomic mass is 9.83. The molecule has 1 atom stereocenters. The number of nitrogens with zero attached hydrogens (tertiary/aromatic N) is 2. The number of alkyl halides is 2. The SMILES string of the molecule is COc1cc(-c2cn(C)c(=O)c(C)c2C)cc(F)c1CN1CCC(C(C)C)C(F)(F)C1. The molecule has 2 heterocycles. The molecule has 7 heteroatoms. The Morgan fingerprint density at radius 1 is 1.23 bits per heavy atom. The van der Waals surface area contributed by atoms with E-state index in [-0.39, 0.29) is 30.1 Å². The lowest BCUT2D eigenvalue weighted by Gasteiger charge is -2.40. The Morgan fingerprint density at radius 3 is 2.48 bits per heavy atom. The summed E-state index contributed by atoms with van der Waals surface area (Å²) < 4.78 is 51.3. The van der Waals surface area contributed by atoms with Crippen molar-refractivity contribution >= 4 is 0 Å². The third-order valence-electron chi connectivity index (χ3n) is 6.54. The van der Waals surface area contributed by atoms with Crippen molar-refractivity contribution in [3.05, 3.63) is 51.2 Å². The summed E-state index contributed by atoms with van der Waals surface area (Å²) in [7, 11) is 3.10. The largest absolute Gasteiger partial charge is 0.496 e. The number of halogens is 3. The van der Waals surface area contributed by atoms with Gasteiger partial charge in [-0.2, -0.15) is 0 Å². The third-order valence-corrected chi connectivity index (χ3v) is 6.54. The lowest BCUT2D eigenvalue weighted by Crippen LogP contribution is -2.49. The van der Waals surface area contributed by atoms with Crippen molar-refractivity contribution < 1.29 is 17.9 Å². The summed E-state index contributed by atoms with van der Waals surface area (Å²) in [5.74, 6) is -3.76. The Bertz CT molecular complexity index is 1030. The Balaban J connectivity index is 1.94. The van der Waals surface area contributed by atoms with Crippen LogP contribution >= 0.6 is 0 Å². The number of pyridine rings is 1. The molecule has 0 saturated carbocycles. The molecule has 0 spiro atoms. The highest BCUT2D eigenvalue weighted by atomic mass is 19.3. The zero-order valence-electron chi connectivity index (χ0n) is 19.1. The molecule has 1 aromatic heterocycles. The number of hydrogen-bond acceptors (Lipinski definition) is 3. The average Bonchev–Trinajstić information content (AvgIpc) is 2.69. The summed E-state index contributed by atoms with van der Waals surface area (Å²) in [6, 6.07) is 3.10. The number of hydrogen-bond donors (Lipinski definition) is 0. The van der Waals surface area contributed by atoms with E-state index in [0.29, 0.717) is 29.8 Å². The van der Waals surface area contributed by atoms with Gasteiger partial charge in [-0.05, 0) is 56.0 Å². The molecule has 2 aromatic rings. The van der Waals surface area contributed by atoms with Gasteiger partial charge in [-0.1, -0.05) is 13.8 Å². The second-order valence-corrected chi connectivity index (χ2v) is 8.96. The number of likely N-dealkylation sites (tertiary alicyclic amines) is 1. The molecule has 31 heavy (non-hydrogen) atoms. The van der Waals surface area contributed by atoms with Crippen LogP contribution in [0, 0.1) is 31.5 Å². The van der Waals surface area contributed by atoms with Gasteiger partial charge in [0, 0.05) is 42.4 Å². The summed E-state index contributed by atoms with van der Waals surface area (Å²) in [5.41, 5.74) is 2.84. The second kappa shape index (κ2) is 8.69. The minimum Gasteiger partial charge on any atom is -0.496 e. The van der Waals surface area contributed by atoms with Crippen molar-refractivity contribution in [1.29, 1.82) is 0 Å². The van der Waals surface area contributed by atoms with Gasteiger partial charge < -0.3 is 9.30 Å². The molecule has 1 aromatic carbocycles. The summed E-state index contributed by atoms with van der Waals surface area (Å²) in [5, 5.41) is 0. The Morgan fingerprint density at radius 2 is 1.90 bits per heavy atom. The van der Waals surface area contributed by atoms with Gasteiger partial charge >= 0.3 is 0 Å². The van der Waals surface area contributed by atoms with Crippen LogP contribution in [0.3, 0.4) is 0 Å². The van der Waals surface area contributed by atoms with Crippen LogP contribution in [0.2, 0.25) is 0 Å². The normalized spacial score (nSPS) is 19.1. The topological polar surface area (TPSA) is 34.5 Å². The number of rotatable bonds is 5. The van der Waals surface area contributed by atoms with E-state index in [2.05, 4.69) is 0 Å². The van der Waals surface area contributed by atoms with Crippen molar-refractivity contribution in [3.63, 3.8) is 0 Å². The van der Waals surface area contributed by atoms with E-state index in [1.54, 1.807) is 31.1 Å². The van der Waals surface area contributed by atoms with Crippen LogP contribution in [0.15, 0.2) is 23.1 Å². The summed E-state index contributed by atoms with van der Waals surface area (Å²) in [4.78, 5) is 13.8. The molecule has 1 fully saturated rings. The second-order valence-electron chi connectivity index (χ2n) is 8.96. The van der Waals surface area contributed by atoms with E-state index in [9.17, 15) is 13.6 Å². The maximum Gasteiger partial charge on any atom is 0.263 e. The first kappa shape index (κ1) is 23.4. The monoisotopic (exact) mass is 436 g/mol. The molecule has 0 aliphatic carbocycles. The fourth-order valence-corrected chi connectivity index (χ4v) is 4.58. The molecule has 0 radical (unpaired) electrons. The Hall–Kier alpha value is -2.28. The molecule has 1 saturated heterocycles. The zero-order chi connectivity index (χ0) is 23.1. The van der Waals surface area contributed by atoms with Gasteiger partial charge in [0.15, 0.2) is 0 Å². The zero-order valence-corrected chi connectivity index (χ0v) is 19.1. The minimum atomic E-state index is -2.81. The summed E-state index contributed by atoms with van der Waals surface area (Å²) >= 11 is 0. The maximum absolute atomic E-state index is 15.2. The fourth-order valence-electron chi connectivity index (χ4n) is 4.58. The van der Waals surface area contributed by atoms with Crippen molar-refractivity contribution in [2.45, 2.75) is 46.6 Å². The molecule has 0 bridgehead atoms. The number of piperidine rings is 1. The number of ether oxygens (including phenoxy) is 1. The van der Waals surface area contributed by atoms with Crippen LogP contribution in [0.25, 0.3) is 11.1 Å². The van der Waals surface area contributed by atoms with Crippen molar-refractivity contribution in [3.8, 4) is 16.9 Å². The first-order valence-corrected chi connectivity index (χ1v) is 10.6. The van der Waals surface area contributed by atoms with Crippen LogP contribution in [-0.4, -0.2) is 35.6 Å². The Labute approximate surface area is 181 Å². The van der Waals surface area contributed by atoms with Gasteiger partial charge in [0.05, 0.1) is 13.7 Å². The average molecular weight is 437 g/mol. The van der Waals surface area contributed by atoms with E-state index in [1.165, 1.54) is 17.7 Å². The molecule has 1 aliphatic heterocycles. The third kappa shape index (κ3) is 4.52. The molecule has 0 amide bonds. The van der Waals surface area contributed by atoms with Crippen molar-refractivity contribution in [2.75, 3.05) is 20.2 Å². The van der Waals surface area contributed by atoms with Crippen LogP contribution in [0.5, 0.6) is 5.75 Å². The van der Waals surface area contributed by atoms with Gasteiger partial charge in [-0.25, -0.2) is 13.2 Å². The van der Waals surface area contributed by atoms with Gasteiger partial charge in [0.2, 0.25) is 0 Å².